The van der Waals surface area contributed by atoms with Crippen molar-refractivity contribution in [3.8, 4) is 28.7 Å². The molecule has 0 spiro atoms. The van der Waals surface area contributed by atoms with Gasteiger partial charge in [0.25, 0.3) is 5.91 Å². The highest BCUT2D eigenvalue weighted by molar-refractivity contribution is 6.32. The predicted molar refractivity (Wildman–Crippen MR) is 102 cm³/mol. The molecule has 4 rings (SSSR count). The summed E-state index contributed by atoms with van der Waals surface area (Å²) in [5.74, 6) is 2.34. The summed E-state index contributed by atoms with van der Waals surface area (Å²) in [5.41, 5.74) is 1.23. The fourth-order valence-electron chi connectivity index (χ4n) is 3.07. The Balaban J connectivity index is 1.50. The first-order valence-corrected chi connectivity index (χ1v) is 9.37. The van der Waals surface area contributed by atoms with E-state index < -0.39 is 0 Å². The van der Waals surface area contributed by atoms with Gasteiger partial charge in [0.05, 0.1) is 25.3 Å². The lowest BCUT2D eigenvalue weighted by atomic mass is 10.1. The minimum atomic E-state index is -0.265. The Morgan fingerprint density at radius 1 is 1.00 bits per heavy atom. The van der Waals surface area contributed by atoms with Gasteiger partial charge in [-0.05, 0) is 29.8 Å². The molecule has 0 saturated carbocycles. The van der Waals surface area contributed by atoms with E-state index in [1.165, 1.54) is 7.11 Å². The van der Waals surface area contributed by atoms with Crippen LogP contribution in [0.4, 0.5) is 0 Å². The highest BCUT2D eigenvalue weighted by atomic mass is 35.5. The maximum Gasteiger partial charge on any atom is 0.251 e. The minimum Gasteiger partial charge on any atom is -0.493 e. The number of rotatable bonds is 4. The van der Waals surface area contributed by atoms with Crippen molar-refractivity contribution < 1.29 is 28.5 Å². The Morgan fingerprint density at radius 3 is 2.57 bits per heavy atom. The van der Waals surface area contributed by atoms with Crippen molar-refractivity contribution >= 4 is 17.5 Å². The van der Waals surface area contributed by atoms with Crippen molar-refractivity contribution in [2.75, 3.05) is 33.5 Å². The monoisotopic (exact) mass is 405 g/mol. The highest BCUT2D eigenvalue weighted by Gasteiger charge is 2.21. The smallest absolute Gasteiger partial charge is 0.251 e. The van der Waals surface area contributed by atoms with Crippen molar-refractivity contribution in [1.29, 1.82) is 0 Å². The van der Waals surface area contributed by atoms with Crippen molar-refractivity contribution in [1.82, 2.24) is 5.32 Å². The van der Waals surface area contributed by atoms with E-state index in [1.54, 1.807) is 18.2 Å². The number of hydrogen-bond donors (Lipinski definition) is 1. The van der Waals surface area contributed by atoms with Crippen LogP contribution in [0.25, 0.3) is 0 Å². The zero-order valence-electron chi connectivity index (χ0n) is 15.4. The summed E-state index contributed by atoms with van der Waals surface area (Å²) in [6, 6.07) is 6.87. The molecule has 0 fully saturated rings. The van der Waals surface area contributed by atoms with Crippen molar-refractivity contribution in [3.63, 3.8) is 0 Å². The quantitative estimate of drug-likeness (QED) is 0.841. The lowest BCUT2D eigenvalue weighted by Crippen LogP contribution is -2.24. The summed E-state index contributed by atoms with van der Waals surface area (Å²) in [6.45, 7) is 2.29. The summed E-state index contributed by atoms with van der Waals surface area (Å²) in [5, 5.41) is 3.34. The van der Waals surface area contributed by atoms with Gasteiger partial charge in [-0.2, -0.15) is 0 Å². The molecule has 2 aliphatic rings. The van der Waals surface area contributed by atoms with Gasteiger partial charge in [-0.15, -0.1) is 0 Å². The van der Waals surface area contributed by atoms with Crippen LogP contribution >= 0.6 is 11.6 Å². The fourth-order valence-corrected chi connectivity index (χ4v) is 3.36. The number of halogens is 1. The maximum atomic E-state index is 12.6. The molecule has 2 heterocycles. The first-order chi connectivity index (χ1) is 13.7. The SMILES string of the molecule is COc1cc(C(=O)NCc2cc(Cl)c3c(c2)OCCCO3)cc2c1OCCO2. The van der Waals surface area contributed by atoms with Crippen LogP contribution in [0, 0.1) is 0 Å². The Bertz CT molecular complexity index is 884. The standard InChI is InChI=1S/C20H20ClNO6/c1-24-15-9-13(10-17-19(15)28-6-5-26-17)20(23)22-11-12-7-14(21)18-16(8-12)25-3-2-4-27-18/h7-10H,2-6,11H2,1H3,(H,22,23). The summed E-state index contributed by atoms with van der Waals surface area (Å²) in [4.78, 5) is 12.6. The molecule has 0 radical (unpaired) electrons. The molecule has 148 valence electrons. The summed E-state index contributed by atoms with van der Waals surface area (Å²) in [6.07, 6.45) is 0.795. The van der Waals surface area contributed by atoms with E-state index in [0.717, 1.165) is 12.0 Å². The van der Waals surface area contributed by atoms with Crippen LogP contribution in [-0.2, 0) is 6.54 Å². The topological polar surface area (TPSA) is 75.3 Å². The average molecular weight is 406 g/mol. The molecule has 2 aromatic carbocycles. The molecule has 1 amide bonds. The summed E-state index contributed by atoms with van der Waals surface area (Å²) in [7, 11) is 1.52. The number of nitrogens with one attached hydrogen (secondary N) is 1. The molecule has 0 unspecified atom stereocenters. The van der Waals surface area contributed by atoms with E-state index in [-0.39, 0.29) is 12.5 Å². The van der Waals surface area contributed by atoms with E-state index in [0.29, 0.717) is 65.8 Å². The molecule has 2 aromatic rings. The zero-order valence-corrected chi connectivity index (χ0v) is 16.1. The van der Waals surface area contributed by atoms with Gasteiger partial charge in [-0.3, -0.25) is 4.79 Å². The van der Waals surface area contributed by atoms with E-state index in [1.807, 2.05) is 6.07 Å². The van der Waals surface area contributed by atoms with Gasteiger partial charge in [0.1, 0.15) is 13.2 Å². The Kier molecular flexibility index (Phi) is 5.34. The highest BCUT2D eigenvalue weighted by Crippen LogP contribution is 2.40. The molecule has 0 atom stereocenters. The van der Waals surface area contributed by atoms with Gasteiger partial charge in [0, 0.05) is 18.5 Å². The lowest BCUT2D eigenvalue weighted by Gasteiger charge is -2.21. The molecule has 0 aromatic heterocycles. The van der Waals surface area contributed by atoms with Gasteiger partial charge in [-0.1, -0.05) is 11.6 Å². The third kappa shape index (κ3) is 3.75. The minimum absolute atomic E-state index is 0.265. The van der Waals surface area contributed by atoms with Crippen molar-refractivity contribution in [2.24, 2.45) is 0 Å². The second kappa shape index (κ2) is 8.06. The fraction of sp³-hybridized carbons (Fsp3) is 0.350. The van der Waals surface area contributed by atoms with Crippen molar-refractivity contribution in [3.05, 3.63) is 40.4 Å². The predicted octanol–water partition coefficient (Wildman–Crippen LogP) is 3.21. The molecule has 0 bridgehead atoms. The molecule has 28 heavy (non-hydrogen) atoms. The Morgan fingerprint density at radius 2 is 1.71 bits per heavy atom. The normalized spacial score (nSPS) is 14.8. The van der Waals surface area contributed by atoms with Gasteiger partial charge in [0.2, 0.25) is 5.75 Å². The van der Waals surface area contributed by atoms with Gasteiger partial charge < -0.3 is 29.0 Å². The van der Waals surface area contributed by atoms with Crippen LogP contribution in [0.15, 0.2) is 24.3 Å². The third-order valence-electron chi connectivity index (χ3n) is 4.41. The summed E-state index contributed by atoms with van der Waals surface area (Å²) >= 11 is 6.31. The number of ether oxygens (including phenoxy) is 5. The van der Waals surface area contributed by atoms with Crippen LogP contribution in [0.1, 0.15) is 22.3 Å². The number of carbonyl (C=O) groups excluding carboxylic acids is 1. The number of benzene rings is 2. The zero-order chi connectivity index (χ0) is 19.5. The van der Waals surface area contributed by atoms with Gasteiger partial charge >= 0.3 is 0 Å². The summed E-state index contributed by atoms with van der Waals surface area (Å²) < 4.78 is 27.8. The second-order valence-electron chi connectivity index (χ2n) is 6.34. The Labute approximate surface area is 167 Å². The van der Waals surface area contributed by atoms with Crippen molar-refractivity contribution in [2.45, 2.75) is 13.0 Å². The average Bonchev–Trinajstić information content (AvgIpc) is 2.97. The molecule has 8 heteroatoms. The number of carbonyl (C=O) groups is 1. The third-order valence-corrected chi connectivity index (χ3v) is 4.69. The van der Waals surface area contributed by atoms with Gasteiger partial charge in [0.15, 0.2) is 23.0 Å². The van der Waals surface area contributed by atoms with E-state index in [4.69, 9.17) is 35.3 Å². The number of amides is 1. The van der Waals surface area contributed by atoms with E-state index in [2.05, 4.69) is 5.32 Å². The Hall–Kier alpha value is -2.80. The van der Waals surface area contributed by atoms with E-state index >= 15 is 0 Å². The molecular weight excluding hydrogens is 386 g/mol. The van der Waals surface area contributed by atoms with Crippen LogP contribution in [0.5, 0.6) is 28.7 Å². The maximum absolute atomic E-state index is 12.6. The molecular formula is C20H20ClNO6. The van der Waals surface area contributed by atoms with Crippen LogP contribution in [-0.4, -0.2) is 39.4 Å². The first-order valence-electron chi connectivity index (χ1n) is 8.99. The molecule has 0 aliphatic carbocycles. The second-order valence-corrected chi connectivity index (χ2v) is 6.75. The van der Waals surface area contributed by atoms with Gasteiger partial charge in [-0.25, -0.2) is 0 Å². The largest absolute Gasteiger partial charge is 0.493 e. The van der Waals surface area contributed by atoms with E-state index in [9.17, 15) is 4.79 Å². The molecule has 1 N–H and O–H groups in total. The lowest BCUT2D eigenvalue weighted by molar-refractivity contribution is 0.0949. The van der Waals surface area contributed by atoms with Crippen LogP contribution in [0.3, 0.4) is 0 Å². The molecule has 0 saturated heterocycles. The number of methoxy groups -OCH3 is 1. The molecule has 2 aliphatic heterocycles. The number of fused-ring (bicyclic) bond motifs is 2. The molecule has 7 nitrogen and oxygen atoms in total. The van der Waals surface area contributed by atoms with Crippen LogP contribution in [0.2, 0.25) is 5.02 Å². The first kappa shape index (κ1) is 18.6. The van der Waals surface area contributed by atoms with Crippen LogP contribution < -0.4 is 29.0 Å². The number of hydrogen-bond acceptors (Lipinski definition) is 6.